The zero-order chi connectivity index (χ0) is 28.1. The minimum absolute atomic E-state index is 0.0734. The third-order valence-electron chi connectivity index (χ3n) is 5.14. The Bertz CT molecular complexity index is 1120. The maximum atomic E-state index is 12.5. The van der Waals surface area contributed by atoms with Crippen molar-refractivity contribution in [2.24, 2.45) is 5.73 Å². The third kappa shape index (κ3) is 10.7. The summed E-state index contributed by atoms with van der Waals surface area (Å²) in [6.45, 7) is -0.172. The van der Waals surface area contributed by atoms with Crippen molar-refractivity contribution in [3.05, 3.63) is 60.2 Å². The number of benzene rings is 2. The fraction of sp³-hybridized carbons (Fsp3) is 0.320. The van der Waals surface area contributed by atoms with Crippen molar-refractivity contribution in [3.63, 3.8) is 0 Å². The number of alkyl halides is 3. The van der Waals surface area contributed by atoms with E-state index in [1.54, 1.807) is 24.3 Å². The average Bonchev–Trinajstić information content (AvgIpc) is 2.86. The first-order valence-electron chi connectivity index (χ1n) is 11.5. The Morgan fingerprint density at radius 2 is 1.47 bits per heavy atom. The number of nitrogens with two attached hydrogens (primary N) is 1. The molecule has 0 fully saturated rings. The van der Waals surface area contributed by atoms with E-state index < -0.39 is 55.0 Å². The van der Waals surface area contributed by atoms with Crippen LogP contribution in [0.2, 0.25) is 0 Å². The van der Waals surface area contributed by atoms with Crippen LogP contribution in [0.15, 0.2) is 54.6 Å². The molecule has 0 saturated heterocycles. The van der Waals surface area contributed by atoms with Crippen molar-refractivity contribution in [2.45, 2.75) is 37.9 Å². The van der Waals surface area contributed by atoms with Gasteiger partial charge in [-0.2, -0.15) is 13.2 Å². The molecule has 38 heavy (non-hydrogen) atoms. The number of ether oxygens (including phenoxy) is 1. The number of urea groups is 1. The molecule has 0 saturated carbocycles. The SMILES string of the molecule is NC(=O)NCCCCC(=O)NCC(=O)NC(CC(=O)OC(=O)C(F)(F)F)c1ccc(-c2ccccc2)cc1. The minimum Gasteiger partial charge on any atom is -0.386 e. The quantitative estimate of drug-likeness (QED) is 0.186. The maximum Gasteiger partial charge on any atom is 0.491 e. The van der Waals surface area contributed by atoms with Crippen LogP contribution in [-0.2, 0) is 23.9 Å². The summed E-state index contributed by atoms with van der Waals surface area (Å²) in [5, 5.41) is 7.24. The van der Waals surface area contributed by atoms with E-state index in [0.29, 0.717) is 24.9 Å². The van der Waals surface area contributed by atoms with Crippen molar-refractivity contribution in [3.8, 4) is 11.1 Å². The Labute approximate surface area is 216 Å². The molecule has 0 heterocycles. The fourth-order valence-corrected chi connectivity index (χ4v) is 3.30. The van der Waals surface area contributed by atoms with Crippen LogP contribution in [0.4, 0.5) is 18.0 Å². The first-order valence-corrected chi connectivity index (χ1v) is 11.5. The van der Waals surface area contributed by atoms with Gasteiger partial charge in [0.2, 0.25) is 11.8 Å². The third-order valence-corrected chi connectivity index (χ3v) is 5.14. The average molecular weight is 537 g/mol. The molecule has 1 atom stereocenters. The van der Waals surface area contributed by atoms with Crippen molar-refractivity contribution < 1.29 is 41.9 Å². The molecule has 2 aromatic carbocycles. The lowest BCUT2D eigenvalue weighted by molar-refractivity contribution is -0.202. The molecule has 0 aromatic heterocycles. The van der Waals surface area contributed by atoms with E-state index in [9.17, 15) is 37.1 Å². The Morgan fingerprint density at radius 1 is 0.842 bits per heavy atom. The minimum atomic E-state index is -5.36. The lowest BCUT2D eigenvalue weighted by Crippen LogP contribution is -2.39. The Balaban J connectivity index is 2.01. The Morgan fingerprint density at radius 3 is 2.08 bits per heavy atom. The van der Waals surface area contributed by atoms with E-state index in [4.69, 9.17) is 5.73 Å². The van der Waals surface area contributed by atoms with Crippen LogP contribution in [0.3, 0.4) is 0 Å². The number of esters is 2. The van der Waals surface area contributed by atoms with Gasteiger partial charge in [0, 0.05) is 13.0 Å². The molecule has 0 aliphatic carbocycles. The zero-order valence-corrected chi connectivity index (χ0v) is 20.2. The number of nitrogens with one attached hydrogen (secondary N) is 3. The number of carbonyl (C=O) groups is 5. The number of halogens is 3. The van der Waals surface area contributed by atoms with E-state index in [1.807, 2.05) is 30.3 Å². The standard InChI is InChI=1S/C25H27F3N4O6/c26-25(27,28)23(36)38-22(35)14-19(18-11-9-17(10-12-18)16-6-2-1-3-7-16)32-21(34)15-31-20(33)8-4-5-13-30-24(29)37/h1-3,6-7,9-12,19H,4-5,8,13-15H2,(H,31,33)(H,32,34)(H3,29,30,37). The number of hydrogen-bond donors (Lipinski definition) is 4. The molecular weight excluding hydrogens is 509 g/mol. The number of primary amides is 1. The van der Waals surface area contributed by atoms with Crippen molar-refractivity contribution >= 4 is 29.8 Å². The molecule has 0 aliphatic rings. The van der Waals surface area contributed by atoms with Crippen LogP contribution < -0.4 is 21.7 Å². The second kappa shape index (κ2) is 14.4. The highest BCUT2D eigenvalue weighted by Gasteiger charge is 2.42. The normalized spacial score (nSPS) is 11.7. The van der Waals surface area contributed by atoms with Crippen molar-refractivity contribution in [1.82, 2.24) is 16.0 Å². The number of hydrogen-bond acceptors (Lipinski definition) is 6. The summed E-state index contributed by atoms with van der Waals surface area (Å²) in [4.78, 5) is 58.1. The van der Waals surface area contributed by atoms with Gasteiger partial charge in [0.1, 0.15) is 0 Å². The number of unbranched alkanes of at least 4 members (excludes halogenated alkanes) is 1. The van der Waals surface area contributed by atoms with Gasteiger partial charge in [-0.25, -0.2) is 9.59 Å². The molecule has 5 N–H and O–H groups in total. The van der Waals surface area contributed by atoms with Gasteiger partial charge in [-0.3, -0.25) is 14.4 Å². The smallest absolute Gasteiger partial charge is 0.386 e. The van der Waals surface area contributed by atoms with Gasteiger partial charge < -0.3 is 26.4 Å². The second-order valence-electron chi connectivity index (χ2n) is 8.10. The Hall–Kier alpha value is -4.42. The summed E-state index contributed by atoms with van der Waals surface area (Å²) in [7, 11) is 0. The van der Waals surface area contributed by atoms with Crippen molar-refractivity contribution in [1.29, 1.82) is 0 Å². The summed E-state index contributed by atoms with van der Waals surface area (Å²) in [5.74, 6) is -5.32. The van der Waals surface area contributed by atoms with E-state index in [-0.39, 0.29) is 6.42 Å². The summed E-state index contributed by atoms with van der Waals surface area (Å²) in [6.07, 6.45) is -5.14. The lowest BCUT2D eigenvalue weighted by Gasteiger charge is -2.19. The predicted molar refractivity (Wildman–Crippen MR) is 129 cm³/mol. The van der Waals surface area contributed by atoms with E-state index in [1.165, 1.54) is 0 Å². The highest BCUT2D eigenvalue weighted by molar-refractivity contribution is 5.89. The van der Waals surface area contributed by atoms with E-state index in [0.717, 1.165) is 11.1 Å². The largest absolute Gasteiger partial charge is 0.491 e. The van der Waals surface area contributed by atoms with Crippen molar-refractivity contribution in [2.75, 3.05) is 13.1 Å². The number of carbonyl (C=O) groups excluding carboxylic acids is 5. The van der Waals surface area contributed by atoms with Gasteiger partial charge in [-0.05, 0) is 29.5 Å². The monoisotopic (exact) mass is 536 g/mol. The molecular formula is C25H27F3N4O6. The van der Waals surface area contributed by atoms with Gasteiger partial charge in [0.25, 0.3) is 0 Å². The van der Waals surface area contributed by atoms with Crippen LogP contribution in [0.1, 0.15) is 37.3 Å². The van der Waals surface area contributed by atoms with Crippen LogP contribution in [0.5, 0.6) is 0 Å². The molecule has 2 aromatic rings. The first-order chi connectivity index (χ1) is 18.0. The molecule has 0 radical (unpaired) electrons. The lowest BCUT2D eigenvalue weighted by atomic mass is 9.99. The predicted octanol–water partition coefficient (Wildman–Crippen LogP) is 2.49. The molecule has 13 heteroatoms. The van der Waals surface area contributed by atoms with Gasteiger partial charge >= 0.3 is 24.1 Å². The first kappa shape index (κ1) is 29.8. The molecule has 0 aliphatic heterocycles. The maximum absolute atomic E-state index is 12.5. The molecule has 2 rings (SSSR count). The molecule has 1 unspecified atom stereocenters. The van der Waals surface area contributed by atoms with Crippen LogP contribution in [0, 0.1) is 0 Å². The van der Waals surface area contributed by atoms with Crippen LogP contribution in [-0.4, -0.2) is 49.0 Å². The number of amides is 4. The Kier molecular flexibility index (Phi) is 11.3. The molecule has 0 bridgehead atoms. The van der Waals surface area contributed by atoms with Gasteiger partial charge in [0.05, 0.1) is 19.0 Å². The highest BCUT2D eigenvalue weighted by Crippen LogP contribution is 2.24. The summed E-state index contributed by atoms with van der Waals surface area (Å²) in [6, 6.07) is 14.0. The number of rotatable bonds is 12. The van der Waals surface area contributed by atoms with Crippen LogP contribution in [0.25, 0.3) is 11.1 Å². The fourth-order valence-electron chi connectivity index (χ4n) is 3.30. The van der Waals surface area contributed by atoms with Gasteiger partial charge in [0.15, 0.2) is 0 Å². The second-order valence-corrected chi connectivity index (χ2v) is 8.10. The highest BCUT2D eigenvalue weighted by atomic mass is 19.4. The molecule has 204 valence electrons. The van der Waals surface area contributed by atoms with E-state index >= 15 is 0 Å². The van der Waals surface area contributed by atoms with E-state index in [2.05, 4.69) is 20.7 Å². The van der Waals surface area contributed by atoms with Gasteiger partial charge in [-0.15, -0.1) is 0 Å². The summed E-state index contributed by atoms with van der Waals surface area (Å²) >= 11 is 0. The molecule has 10 nitrogen and oxygen atoms in total. The summed E-state index contributed by atoms with van der Waals surface area (Å²) in [5.41, 5.74) is 7.00. The topological polar surface area (TPSA) is 157 Å². The molecule has 0 spiro atoms. The van der Waals surface area contributed by atoms with Crippen LogP contribution >= 0.6 is 0 Å². The molecule has 4 amide bonds. The summed E-state index contributed by atoms with van der Waals surface area (Å²) < 4.78 is 41.3. The van der Waals surface area contributed by atoms with Gasteiger partial charge in [-0.1, -0.05) is 54.6 Å². The zero-order valence-electron chi connectivity index (χ0n) is 20.2.